The first-order chi connectivity index (χ1) is 10.3. The van der Waals surface area contributed by atoms with Crippen LogP contribution in [-0.2, 0) is 28.6 Å². The maximum atomic E-state index is 12.0. The molecule has 122 valence electrons. The molecule has 3 rings (SSSR count). The summed E-state index contributed by atoms with van der Waals surface area (Å²) in [5, 5.41) is 0. The van der Waals surface area contributed by atoms with Gasteiger partial charge in [0.15, 0.2) is 6.61 Å². The van der Waals surface area contributed by atoms with Crippen LogP contribution in [0.25, 0.3) is 0 Å². The molecular formula is C16H22O6. The van der Waals surface area contributed by atoms with Gasteiger partial charge in [-0.25, -0.2) is 4.79 Å². The zero-order valence-electron chi connectivity index (χ0n) is 13.2. The molecule has 0 aromatic heterocycles. The fourth-order valence-corrected chi connectivity index (χ4v) is 3.80. The van der Waals surface area contributed by atoms with Gasteiger partial charge in [0.05, 0.1) is 17.3 Å². The molecule has 0 radical (unpaired) electrons. The van der Waals surface area contributed by atoms with Crippen LogP contribution in [0.15, 0.2) is 0 Å². The second-order valence-electron chi connectivity index (χ2n) is 7.28. The van der Waals surface area contributed by atoms with Crippen LogP contribution in [0, 0.1) is 23.2 Å². The molecule has 0 spiro atoms. The van der Waals surface area contributed by atoms with Crippen LogP contribution in [-0.4, -0.2) is 30.3 Å². The number of esters is 3. The van der Waals surface area contributed by atoms with Crippen molar-refractivity contribution in [3.05, 3.63) is 0 Å². The summed E-state index contributed by atoms with van der Waals surface area (Å²) in [7, 11) is 0. The third-order valence-corrected chi connectivity index (χ3v) is 5.42. The molecule has 4 atom stereocenters. The topological polar surface area (TPSA) is 78.9 Å². The molecule has 1 heterocycles. The molecule has 6 heteroatoms. The van der Waals surface area contributed by atoms with Crippen LogP contribution in [0.1, 0.15) is 46.5 Å². The Morgan fingerprint density at radius 3 is 2.73 bits per heavy atom. The predicted molar refractivity (Wildman–Crippen MR) is 74.3 cm³/mol. The van der Waals surface area contributed by atoms with Gasteiger partial charge in [-0.1, -0.05) is 6.92 Å². The van der Waals surface area contributed by atoms with Crippen molar-refractivity contribution in [2.45, 2.75) is 52.2 Å². The quantitative estimate of drug-likeness (QED) is 0.721. The lowest BCUT2D eigenvalue weighted by Crippen LogP contribution is -2.41. The zero-order valence-corrected chi connectivity index (χ0v) is 13.2. The van der Waals surface area contributed by atoms with Crippen molar-refractivity contribution < 1.29 is 28.6 Å². The van der Waals surface area contributed by atoms with Gasteiger partial charge in [-0.3, -0.25) is 9.59 Å². The molecule has 6 nitrogen and oxygen atoms in total. The fourth-order valence-electron chi connectivity index (χ4n) is 3.80. The number of fused-ring (bicyclic) bond motifs is 1. The monoisotopic (exact) mass is 310 g/mol. The van der Waals surface area contributed by atoms with Crippen molar-refractivity contribution in [3.63, 3.8) is 0 Å². The number of ether oxygens (including phenoxy) is 3. The maximum absolute atomic E-state index is 12.0. The summed E-state index contributed by atoms with van der Waals surface area (Å²) >= 11 is 0. The summed E-state index contributed by atoms with van der Waals surface area (Å²) in [5.41, 5.74) is -0.629. The van der Waals surface area contributed by atoms with Gasteiger partial charge in [-0.2, -0.15) is 0 Å². The minimum Gasteiger partial charge on any atom is -0.453 e. The van der Waals surface area contributed by atoms with E-state index in [0.717, 1.165) is 12.8 Å². The molecule has 2 aliphatic carbocycles. The minimum absolute atomic E-state index is 0.0308. The summed E-state index contributed by atoms with van der Waals surface area (Å²) < 4.78 is 15.8. The summed E-state index contributed by atoms with van der Waals surface area (Å²) in [5.74, 6) is -2.23. The molecule has 3 aliphatic rings. The van der Waals surface area contributed by atoms with Gasteiger partial charge < -0.3 is 14.2 Å². The Hall–Kier alpha value is -1.59. The summed E-state index contributed by atoms with van der Waals surface area (Å²) in [4.78, 5) is 35.7. The van der Waals surface area contributed by atoms with Gasteiger partial charge in [0.2, 0.25) is 0 Å². The second-order valence-corrected chi connectivity index (χ2v) is 7.28. The number of hydrogen-bond acceptors (Lipinski definition) is 6. The lowest BCUT2D eigenvalue weighted by Gasteiger charge is -2.29. The van der Waals surface area contributed by atoms with E-state index in [0.29, 0.717) is 18.8 Å². The maximum Gasteiger partial charge on any atom is 0.347 e. The summed E-state index contributed by atoms with van der Waals surface area (Å²) in [6, 6.07) is 0. The van der Waals surface area contributed by atoms with Gasteiger partial charge in [0.1, 0.15) is 0 Å². The van der Waals surface area contributed by atoms with Crippen LogP contribution >= 0.6 is 0 Å². The van der Waals surface area contributed by atoms with E-state index in [4.69, 9.17) is 14.2 Å². The number of carbonyl (C=O) groups excluding carboxylic acids is 3. The molecule has 3 fully saturated rings. The average Bonchev–Trinajstić information content (AvgIpc) is 3.04. The Morgan fingerprint density at radius 2 is 2.09 bits per heavy atom. The van der Waals surface area contributed by atoms with E-state index in [9.17, 15) is 14.4 Å². The molecule has 1 aliphatic heterocycles. The highest BCUT2D eigenvalue weighted by molar-refractivity contribution is 5.81. The Balaban J connectivity index is 1.57. The molecule has 1 saturated heterocycles. The first-order valence-corrected chi connectivity index (χ1v) is 7.89. The van der Waals surface area contributed by atoms with E-state index >= 15 is 0 Å². The number of carbonyl (C=O) groups is 3. The van der Waals surface area contributed by atoms with E-state index < -0.39 is 29.7 Å². The highest BCUT2D eigenvalue weighted by Crippen LogP contribution is 2.60. The third-order valence-electron chi connectivity index (χ3n) is 5.42. The predicted octanol–water partition coefficient (Wildman–Crippen LogP) is 1.81. The van der Waals surface area contributed by atoms with Crippen molar-refractivity contribution in [1.82, 2.24) is 0 Å². The van der Waals surface area contributed by atoms with Crippen LogP contribution in [0.2, 0.25) is 0 Å². The highest BCUT2D eigenvalue weighted by Gasteiger charge is 2.68. The van der Waals surface area contributed by atoms with Crippen LogP contribution in [0.4, 0.5) is 0 Å². The van der Waals surface area contributed by atoms with Crippen LogP contribution in [0.5, 0.6) is 0 Å². The largest absolute Gasteiger partial charge is 0.453 e. The Labute approximate surface area is 129 Å². The fraction of sp³-hybridized carbons (Fsp3) is 0.812. The van der Waals surface area contributed by atoms with Gasteiger partial charge in [-0.15, -0.1) is 0 Å². The lowest BCUT2D eigenvalue weighted by atomic mass is 9.87. The van der Waals surface area contributed by atoms with Crippen LogP contribution < -0.4 is 0 Å². The number of hydrogen-bond donors (Lipinski definition) is 0. The molecule has 4 unspecified atom stereocenters. The average molecular weight is 310 g/mol. The van der Waals surface area contributed by atoms with Crippen molar-refractivity contribution >= 4 is 17.9 Å². The van der Waals surface area contributed by atoms with Crippen molar-refractivity contribution in [3.8, 4) is 0 Å². The van der Waals surface area contributed by atoms with Crippen molar-refractivity contribution in [1.29, 1.82) is 0 Å². The van der Waals surface area contributed by atoms with Gasteiger partial charge >= 0.3 is 17.9 Å². The molecule has 2 saturated carbocycles. The lowest BCUT2D eigenvalue weighted by molar-refractivity contribution is -0.225. The Morgan fingerprint density at radius 1 is 1.36 bits per heavy atom. The van der Waals surface area contributed by atoms with E-state index in [1.807, 2.05) is 6.92 Å². The Bertz CT molecular complexity index is 525. The van der Waals surface area contributed by atoms with E-state index in [2.05, 4.69) is 0 Å². The van der Waals surface area contributed by atoms with Gasteiger partial charge in [0.25, 0.3) is 5.79 Å². The molecule has 2 bridgehead atoms. The summed E-state index contributed by atoms with van der Waals surface area (Å²) in [6.07, 6.45) is 2.89. The van der Waals surface area contributed by atoms with E-state index in [1.165, 1.54) is 0 Å². The van der Waals surface area contributed by atoms with Gasteiger partial charge in [0, 0.05) is 6.42 Å². The van der Waals surface area contributed by atoms with Gasteiger partial charge in [-0.05, 0) is 39.0 Å². The molecular weight excluding hydrogens is 288 g/mol. The molecule has 0 amide bonds. The first kappa shape index (κ1) is 15.3. The molecule has 22 heavy (non-hydrogen) atoms. The van der Waals surface area contributed by atoms with Crippen LogP contribution in [0.3, 0.4) is 0 Å². The van der Waals surface area contributed by atoms with E-state index in [1.54, 1.807) is 13.8 Å². The normalized spacial score (nSPS) is 35.4. The zero-order chi connectivity index (χ0) is 16.1. The third kappa shape index (κ3) is 2.29. The van der Waals surface area contributed by atoms with Crippen molar-refractivity contribution in [2.75, 3.05) is 6.61 Å². The minimum atomic E-state index is -1.10. The smallest absolute Gasteiger partial charge is 0.347 e. The molecule has 0 aromatic rings. The molecule has 0 N–H and O–H groups in total. The SMILES string of the molecule is CCC(C)(C)C(=O)OCC(=O)OC12CC3CC(C(=O)O1)C2C3. The second kappa shape index (κ2) is 4.96. The summed E-state index contributed by atoms with van der Waals surface area (Å²) in [6.45, 7) is 4.97. The standard InChI is InChI=1S/C16H22O6/c1-4-15(2,3)14(19)20-8-12(17)21-16-7-9-5-10(11(16)6-9)13(18)22-16/h9-11H,4-8H2,1-3H3. The first-order valence-electron chi connectivity index (χ1n) is 7.89. The Kier molecular flexibility index (Phi) is 3.45. The van der Waals surface area contributed by atoms with E-state index in [-0.39, 0.29) is 17.8 Å². The molecule has 0 aromatic carbocycles. The van der Waals surface area contributed by atoms with Crippen molar-refractivity contribution in [2.24, 2.45) is 23.2 Å². The number of rotatable bonds is 5. The highest BCUT2D eigenvalue weighted by atomic mass is 16.7.